The maximum Gasteiger partial charge on any atom is 0.326 e. The lowest BCUT2D eigenvalue weighted by Crippen LogP contribution is -2.44. The Bertz CT molecular complexity index is 1580. The molecule has 0 aliphatic heterocycles. The molecule has 0 fully saturated rings. The Hall–Kier alpha value is -5.37. The lowest BCUT2D eigenvalue weighted by atomic mass is 10.0. The van der Waals surface area contributed by atoms with Crippen LogP contribution >= 0.6 is 25.4 Å². The van der Waals surface area contributed by atoms with Gasteiger partial charge in [0.2, 0.25) is 29.5 Å². The van der Waals surface area contributed by atoms with Crippen LogP contribution in [-0.2, 0) is 57.5 Å². The van der Waals surface area contributed by atoms with E-state index in [1.807, 2.05) is 13.8 Å². The van der Waals surface area contributed by atoms with Crippen molar-refractivity contribution in [3.63, 3.8) is 0 Å². The molecule has 0 aromatic heterocycles. The third kappa shape index (κ3) is 55.9. The van der Waals surface area contributed by atoms with Crippen molar-refractivity contribution in [3.8, 4) is 0 Å². The standard InChI is InChI=1S/C40H69N5O12S.C4H8FNOS.C2H6.2CH2O2/c1-29(32(46)28-58)43-35(49)20-17-27-41-33(47)19-16-26-42-34(48)24-22-30(39(54)55)45-37(51)25-23-31(40(56)57)44-36(50)18-14-12-10-8-6-4-2-3-5-7-9-11-13-15-21-38(52)53;1-2-3(6-8)4(5)7;1-2;2*2-1-3/h29-31,58H,2-28H2,1H3,(H,41,47)(H,42,48)(H,43,49)(H,44,50)(H,45,51)(H,52,53)(H,54,55)(H,56,57);3,6,8H,2H2,1H3;1-2H3;2*1H,(H,2,3)/t29?,30-,31?;;;;/m0..../s1. The van der Waals surface area contributed by atoms with Gasteiger partial charge in [-0.1, -0.05) is 111 Å². The molecule has 5 amide bonds. The number of amides is 5. The monoisotopic (exact) mass is 1100 g/mol. The van der Waals surface area contributed by atoms with Crippen LogP contribution in [0.15, 0.2) is 0 Å². The predicted octanol–water partition coefficient (Wildman–Crippen LogP) is 4.93. The summed E-state index contributed by atoms with van der Waals surface area (Å²) in [6, 6.07) is -5.44. The summed E-state index contributed by atoms with van der Waals surface area (Å²) in [5.74, 6) is -5.82. The van der Waals surface area contributed by atoms with Gasteiger partial charge in [-0.05, 0) is 51.9 Å². The zero-order valence-corrected chi connectivity index (χ0v) is 45.5. The fourth-order valence-corrected chi connectivity index (χ4v) is 6.80. The topological polar surface area (TPSA) is 378 Å². The Labute approximate surface area is 446 Å². The molecule has 11 N–H and O–H groups in total. The van der Waals surface area contributed by atoms with E-state index in [9.17, 15) is 62.5 Å². The molecule has 0 heterocycles. The first-order valence-corrected chi connectivity index (χ1v) is 26.3. The number of Topliss-reactive ketones (excluding diaryl/α,β-unsaturated/α-hetero) is 1. The highest BCUT2D eigenvalue weighted by Gasteiger charge is 2.24. The van der Waals surface area contributed by atoms with Gasteiger partial charge in [0.25, 0.3) is 12.9 Å². The Morgan fingerprint density at radius 1 is 0.500 bits per heavy atom. The molecule has 0 aromatic carbocycles. The molecule has 0 aliphatic carbocycles. The number of ketones is 1. The van der Waals surface area contributed by atoms with E-state index in [1.54, 1.807) is 13.8 Å². The highest BCUT2D eigenvalue weighted by atomic mass is 32.1. The lowest BCUT2D eigenvalue weighted by molar-refractivity contribution is -0.143. The summed E-state index contributed by atoms with van der Waals surface area (Å²) in [5, 5.41) is 54.1. The Kier molecular flexibility index (Phi) is 59.6. The molecule has 430 valence electrons. The van der Waals surface area contributed by atoms with Gasteiger partial charge in [0.15, 0.2) is 5.78 Å². The summed E-state index contributed by atoms with van der Waals surface area (Å²) >= 11 is 7.41. The van der Waals surface area contributed by atoms with Gasteiger partial charge in [-0.15, -0.1) is 0 Å². The van der Waals surface area contributed by atoms with E-state index in [0.29, 0.717) is 25.7 Å². The van der Waals surface area contributed by atoms with Gasteiger partial charge in [0.1, 0.15) is 18.1 Å². The summed E-state index contributed by atoms with van der Waals surface area (Å²) in [6.07, 6.45) is 15.3. The molecular formula is C48H87FN6O17S2. The van der Waals surface area contributed by atoms with E-state index in [-0.39, 0.29) is 101 Å². The molecule has 4 atom stereocenters. The molecule has 0 bridgehead atoms. The zero-order chi connectivity index (χ0) is 57.5. The summed E-state index contributed by atoms with van der Waals surface area (Å²) in [6.45, 7) is 7.18. The Morgan fingerprint density at radius 2 is 0.811 bits per heavy atom. The number of thiol groups is 2. The van der Waals surface area contributed by atoms with Crippen LogP contribution in [0.3, 0.4) is 0 Å². The molecule has 0 saturated carbocycles. The van der Waals surface area contributed by atoms with Gasteiger partial charge < -0.3 is 52.1 Å². The van der Waals surface area contributed by atoms with Crippen LogP contribution in [0, 0.1) is 0 Å². The van der Waals surface area contributed by atoms with Crippen molar-refractivity contribution in [2.24, 2.45) is 0 Å². The van der Waals surface area contributed by atoms with Gasteiger partial charge in [0, 0.05) is 51.6 Å². The van der Waals surface area contributed by atoms with E-state index in [4.69, 9.17) is 24.9 Å². The van der Waals surface area contributed by atoms with Crippen LogP contribution in [0.4, 0.5) is 4.39 Å². The molecule has 23 nitrogen and oxygen atoms in total. The molecule has 0 radical (unpaired) electrons. The predicted molar refractivity (Wildman–Crippen MR) is 281 cm³/mol. The van der Waals surface area contributed by atoms with Gasteiger partial charge >= 0.3 is 23.9 Å². The minimum absolute atomic E-state index is 0.0230. The lowest BCUT2D eigenvalue weighted by Gasteiger charge is -2.17. The minimum atomic E-state index is -1.39. The van der Waals surface area contributed by atoms with Crippen LogP contribution in [0.1, 0.15) is 188 Å². The fourth-order valence-electron chi connectivity index (χ4n) is 6.25. The third-order valence-electron chi connectivity index (χ3n) is 10.3. The molecular weight excluding hydrogens is 1020 g/mol. The van der Waals surface area contributed by atoms with E-state index in [2.05, 4.69) is 56.7 Å². The van der Waals surface area contributed by atoms with Gasteiger partial charge in [-0.2, -0.15) is 17.0 Å². The summed E-state index contributed by atoms with van der Waals surface area (Å²) in [7, 11) is 0. The van der Waals surface area contributed by atoms with Crippen LogP contribution in [0.5, 0.6) is 0 Å². The van der Waals surface area contributed by atoms with Crippen molar-refractivity contribution in [1.82, 2.24) is 31.3 Å². The minimum Gasteiger partial charge on any atom is -0.483 e. The van der Waals surface area contributed by atoms with Crippen LogP contribution < -0.4 is 31.3 Å². The van der Waals surface area contributed by atoms with Crippen molar-refractivity contribution >= 4 is 97.7 Å². The number of nitrogens with one attached hydrogen (secondary N) is 6. The molecule has 0 spiro atoms. The van der Waals surface area contributed by atoms with Crippen LogP contribution in [0.25, 0.3) is 0 Å². The highest BCUT2D eigenvalue weighted by molar-refractivity contribution is 7.81. The number of carbonyl (C=O) groups is 12. The van der Waals surface area contributed by atoms with Crippen molar-refractivity contribution in [1.29, 1.82) is 0 Å². The van der Waals surface area contributed by atoms with Crippen LogP contribution in [-0.4, -0.2) is 141 Å². The SMILES string of the molecule is CC.CC(NC(=O)CCCNC(=O)CCCNC(=O)CC[C@H](NC(=O)CCC(NC(=O)CCCCCCCCCCCCCCCCC(=O)O)C(=O)O)C(=O)O)C(=O)CS.CCC(NS)C(=O)F.O=CO.O=CO. The smallest absolute Gasteiger partial charge is 0.326 e. The van der Waals surface area contributed by atoms with E-state index < -0.39 is 65.8 Å². The zero-order valence-electron chi connectivity index (χ0n) is 43.7. The number of hydrogen-bond acceptors (Lipinski definition) is 15. The van der Waals surface area contributed by atoms with E-state index in [0.717, 1.165) is 57.8 Å². The summed E-state index contributed by atoms with van der Waals surface area (Å²) < 4.78 is 13.8. The van der Waals surface area contributed by atoms with Crippen molar-refractivity contribution in [3.05, 3.63) is 0 Å². The average Bonchev–Trinajstić information content (AvgIpc) is 3.35. The first kappa shape index (κ1) is 77.5. The molecule has 0 aromatic rings. The number of carboxylic acids is 3. The van der Waals surface area contributed by atoms with Gasteiger partial charge in [-0.3, -0.25) is 52.7 Å². The first-order valence-electron chi connectivity index (χ1n) is 25.2. The molecule has 3 unspecified atom stereocenters. The summed E-state index contributed by atoms with van der Waals surface area (Å²) in [4.78, 5) is 133. The quantitative estimate of drug-likeness (QED) is 0.0167. The number of aliphatic carboxylic acids is 3. The molecule has 0 rings (SSSR count). The number of halogens is 1. The fraction of sp³-hybridized carbons (Fsp3) is 0.750. The third-order valence-corrected chi connectivity index (χ3v) is 10.9. The summed E-state index contributed by atoms with van der Waals surface area (Å²) in [5.41, 5.74) is 0. The molecule has 74 heavy (non-hydrogen) atoms. The van der Waals surface area contributed by atoms with Gasteiger partial charge in [-0.25, -0.2) is 9.59 Å². The van der Waals surface area contributed by atoms with Crippen molar-refractivity contribution in [2.75, 3.05) is 18.8 Å². The number of unbranched alkanes of at least 4 members (excludes halogenated alkanes) is 13. The Morgan fingerprint density at radius 3 is 1.14 bits per heavy atom. The average molecular weight is 1100 g/mol. The largest absolute Gasteiger partial charge is 0.483 e. The van der Waals surface area contributed by atoms with Crippen molar-refractivity contribution < 1.29 is 87.5 Å². The van der Waals surface area contributed by atoms with Crippen LogP contribution in [0.2, 0.25) is 0 Å². The highest BCUT2D eigenvalue weighted by Crippen LogP contribution is 2.14. The Balaban J connectivity index is -0.000000860. The number of carbonyl (C=O) groups excluding carboxylic acids is 7. The second kappa shape index (κ2) is 56.9. The second-order valence-electron chi connectivity index (χ2n) is 16.3. The first-order chi connectivity index (χ1) is 35.2. The maximum absolute atomic E-state index is 12.5. The number of hydrogen-bond donors (Lipinski definition) is 13. The molecule has 0 aliphatic rings. The van der Waals surface area contributed by atoms with E-state index in [1.165, 1.54) is 25.7 Å². The van der Waals surface area contributed by atoms with Gasteiger partial charge in [0.05, 0.1) is 11.8 Å². The normalized spacial score (nSPS) is 11.6. The molecule has 0 saturated heterocycles. The maximum atomic E-state index is 12.5. The number of carboxylic acid groups (broad SMARTS) is 5. The number of rotatable bonds is 41. The van der Waals surface area contributed by atoms with E-state index >= 15 is 0 Å². The molecule has 26 heteroatoms. The van der Waals surface area contributed by atoms with Crippen molar-refractivity contribution in [2.45, 2.75) is 212 Å². The second-order valence-corrected chi connectivity index (χ2v) is 16.8.